The van der Waals surface area contributed by atoms with Crippen LogP contribution < -0.4 is 5.32 Å². The lowest BCUT2D eigenvalue weighted by molar-refractivity contribution is 0.0844. The average molecular weight is 399 g/mol. The lowest BCUT2D eigenvalue weighted by Gasteiger charge is -2.40. The number of piperidine rings is 1. The molecule has 1 fully saturated rings. The van der Waals surface area contributed by atoms with Gasteiger partial charge in [-0.05, 0) is 30.5 Å². The quantitative estimate of drug-likeness (QED) is 0.537. The van der Waals surface area contributed by atoms with Gasteiger partial charge in [0, 0.05) is 37.2 Å². The van der Waals surface area contributed by atoms with Crippen LogP contribution in [0.1, 0.15) is 40.7 Å². The minimum Gasteiger partial charge on any atom is -0.312 e. The van der Waals surface area contributed by atoms with E-state index in [4.69, 9.17) is 0 Å². The number of Topliss-reactive ketones (excluding diaryl/α,β-unsaturated/α-hetero) is 1. The van der Waals surface area contributed by atoms with E-state index in [2.05, 4.69) is 70.9 Å². The molecular weight excluding hydrogens is 368 g/mol. The summed E-state index contributed by atoms with van der Waals surface area (Å²) in [7, 11) is 0. The fourth-order valence-corrected chi connectivity index (χ4v) is 4.45. The van der Waals surface area contributed by atoms with Gasteiger partial charge in [-0.3, -0.25) is 9.69 Å². The molecule has 1 heterocycles. The molecular formula is C27H30N2O. The van der Waals surface area contributed by atoms with Crippen LogP contribution in [0.2, 0.25) is 0 Å². The standard InChI is InChI=1S/C27H30N2O/c30-27(24-15-8-3-9-16-24)19-25-26(17-10-18-28-25)29(20-22-11-4-1-5-12-22)21-23-13-6-2-7-14-23/h1-9,11-16,25-26,28H,10,17-21H2/t25?,26-/m0/s1. The Balaban J connectivity index is 1.55. The minimum atomic E-state index is 0.166. The molecule has 0 aromatic heterocycles. The Morgan fingerprint density at radius 1 is 0.800 bits per heavy atom. The fourth-order valence-electron chi connectivity index (χ4n) is 4.45. The third kappa shape index (κ3) is 5.44. The molecule has 1 aliphatic heterocycles. The second kappa shape index (κ2) is 10.3. The van der Waals surface area contributed by atoms with Crippen LogP contribution in [0.5, 0.6) is 0 Å². The Hall–Kier alpha value is -2.75. The number of benzene rings is 3. The predicted molar refractivity (Wildman–Crippen MR) is 122 cm³/mol. The lowest BCUT2D eigenvalue weighted by Crippen LogP contribution is -2.53. The highest BCUT2D eigenvalue weighted by molar-refractivity contribution is 5.96. The van der Waals surface area contributed by atoms with Crippen molar-refractivity contribution in [3.63, 3.8) is 0 Å². The number of carbonyl (C=O) groups excluding carboxylic acids is 1. The normalized spacial score (nSPS) is 19.0. The summed E-state index contributed by atoms with van der Waals surface area (Å²) in [4.78, 5) is 15.5. The van der Waals surface area contributed by atoms with Crippen LogP contribution in [-0.2, 0) is 13.1 Å². The van der Waals surface area contributed by atoms with Crippen LogP contribution in [0.25, 0.3) is 0 Å². The zero-order valence-corrected chi connectivity index (χ0v) is 17.4. The summed E-state index contributed by atoms with van der Waals surface area (Å²) in [6.07, 6.45) is 2.79. The molecule has 0 radical (unpaired) electrons. The minimum absolute atomic E-state index is 0.166. The van der Waals surface area contributed by atoms with Gasteiger partial charge >= 0.3 is 0 Å². The molecule has 0 spiro atoms. The first kappa shape index (κ1) is 20.5. The van der Waals surface area contributed by atoms with Gasteiger partial charge in [0.1, 0.15) is 0 Å². The SMILES string of the molecule is O=C(CC1NCCC[C@@H]1N(Cc1ccccc1)Cc1ccccc1)c1ccccc1. The highest BCUT2D eigenvalue weighted by atomic mass is 16.1. The smallest absolute Gasteiger partial charge is 0.164 e. The van der Waals surface area contributed by atoms with E-state index in [0.29, 0.717) is 12.5 Å². The van der Waals surface area contributed by atoms with Crippen LogP contribution in [0.4, 0.5) is 0 Å². The van der Waals surface area contributed by atoms with Gasteiger partial charge in [0.05, 0.1) is 0 Å². The summed E-state index contributed by atoms with van der Waals surface area (Å²) >= 11 is 0. The van der Waals surface area contributed by atoms with E-state index in [1.165, 1.54) is 11.1 Å². The Morgan fingerprint density at radius 2 is 1.33 bits per heavy atom. The van der Waals surface area contributed by atoms with E-state index < -0.39 is 0 Å². The molecule has 1 saturated heterocycles. The van der Waals surface area contributed by atoms with Gasteiger partial charge < -0.3 is 5.32 Å². The third-order valence-corrected chi connectivity index (χ3v) is 5.97. The van der Waals surface area contributed by atoms with E-state index in [9.17, 15) is 4.79 Å². The second-order valence-electron chi connectivity index (χ2n) is 8.14. The molecule has 3 aromatic rings. The second-order valence-corrected chi connectivity index (χ2v) is 8.14. The Labute approximate surface area is 179 Å². The van der Waals surface area contributed by atoms with E-state index >= 15 is 0 Å². The Kier molecular flexibility index (Phi) is 7.07. The third-order valence-electron chi connectivity index (χ3n) is 5.97. The van der Waals surface area contributed by atoms with Crippen molar-refractivity contribution in [2.75, 3.05) is 6.54 Å². The van der Waals surface area contributed by atoms with Crippen molar-refractivity contribution in [2.24, 2.45) is 0 Å². The molecule has 1 N–H and O–H groups in total. The van der Waals surface area contributed by atoms with E-state index in [0.717, 1.165) is 38.0 Å². The number of nitrogens with one attached hydrogen (secondary N) is 1. The number of hydrogen-bond acceptors (Lipinski definition) is 3. The Morgan fingerprint density at radius 3 is 1.90 bits per heavy atom. The maximum Gasteiger partial charge on any atom is 0.164 e. The van der Waals surface area contributed by atoms with E-state index in [1.54, 1.807) is 0 Å². The number of rotatable bonds is 8. The van der Waals surface area contributed by atoms with Gasteiger partial charge in [0.2, 0.25) is 0 Å². The summed E-state index contributed by atoms with van der Waals surface area (Å²) < 4.78 is 0. The zero-order chi connectivity index (χ0) is 20.6. The van der Waals surface area contributed by atoms with Gasteiger partial charge in [0.25, 0.3) is 0 Å². The topological polar surface area (TPSA) is 32.3 Å². The van der Waals surface area contributed by atoms with Crippen molar-refractivity contribution in [2.45, 2.75) is 44.4 Å². The molecule has 0 bridgehead atoms. The van der Waals surface area contributed by atoms with Crippen molar-refractivity contribution in [3.8, 4) is 0 Å². The van der Waals surface area contributed by atoms with Crippen molar-refractivity contribution in [1.82, 2.24) is 10.2 Å². The van der Waals surface area contributed by atoms with Crippen LogP contribution in [0.15, 0.2) is 91.0 Å². The number of carbonyl (C=O) groups is 1. The molecule has 0 amide bonds. The summed E-state index contributed by atoms with van der Waals surface area (Å²) in [6.45, 7) is 2.75. The number of ketones is 1. The number of hydrogen-bond donors (Lipinski definition) is 1. The van der Waals surface area contributed by atoms with Crippen LogP contribution in [0, 0.1) is 0 Å². The molecule has 3 heteroatoms. The zero-order valence-electron chi connectivity index (χ0n) is 17.4. The van der Waals surface area contributed by atoms with Gasteiger partial charge in [-0.2, -0.15) is 0 Å². The monoisotopic (exact) mass is 398 g/mol. The first-order valence-corrected chi connectivity index (χ1v) is 10.9. The average Bonchev–Trinajstić information content (AvgIpc) is 2.81. The van der Waals surface area contributed by atoms with Crippen molar-refractivity contribution in [3.05, 3.63) is 108 Å². The van der Waals surface area contributed by atoms with Gasteiger partial charge in [-0.25, -0.2) is 0 Å². The summed E-state index contributed by atoms with van der Waals surface area (Å²) in [5, 5.41) is 3.66. The summed E-state index contributed by atoms with van der Waals surface area (Å²) in [6, 6.07) is 31.5. The van der Waals surface area contributed by atoms with Crippen LogP contribution in [0.3, 0.4) is 0 Å². The molecule has 4 rings (SSSR count). The molecule has 2 atom stereocenters. The summed E-state index contributed by atoms with van der Waals surface area (Å²) in [5.74, 6) is 0.222. The number of nitrogens with zero attached hydrogens (tertiary/aromatic N) is 1. The fraction of sp³-hybridized carbons (Fsp3) is 0.296. The predicted octanol–water partition coefficient (Wildman–Crippen LogP) is 5.08. The van der Waals surface area contributed by atoms with Gasteiger partial charge in [0.15, 0.2) is 5.78 Å². The molecule has 3 nitrogen and oxygen atoms in total. The molecule has 1 unspecified atom stereocenters. The maximum atomic E-state index is 12.9. The van der Waals surface area contributed by atoms with Crippen LogP contribution in [-0.4, -0.2) is 29.3 Å². The van der Waals surface area contributed by atoms with Gasteiger partial charge in [-0.15, -0.1) is 0 Å². The van der Waals surface area contributed by atoms with E-state index in [-0.39, 0.29) is 11.8 Å². The Bertz CT molecular complexity index is 870. The molecule has 3 aromatic carbocycles. The molecule has 154 valence electrons. The highest BCUT2D eigenvalue weighted by Gasteiger charge is 2.31. The van der Waals surface area contributed by atoms with Gasteiger partial charge in [-0.1, -0.05) is 91.0 Å². The first-order chi connectivity index (χ1) is 14.8. The van der Waals surface area contributed by atoms with E-state index in [1.807, 2.05) is 30.3 Å². The van der Waals surface area contributed by atoms with Crippen LogP contribution >= 0.6 is 0 Å². The molecule has 0 saturated carbocycles. The maximum absolute atomic E-state index is 12.9. The largest absolute Gasteiger partial charge is 0.312 e. The molecule has 30 heavy (non-hydrogen) atoms. The lowest BCUT2D eigenvalue weighted by atomic mass is 9.90. The first-order valence-electron chi connectivity index (χ1n) is 10.9. The summed E-state index contributed by atoms with van der Waals surface area (Å²) in [5.41, 5.74) is 3.43. The highest BCUT2D eigenvalue weighted by Crippen LogP contribution is 2.24. The molecule has 0 aliphatic carbocycles. The van der Waals surface area contributed by atoms with Crippen molar-refractivity contribution < 1.29 is 4.79 Å². The van der Waals surface area contributed by atoms with Crippen molar-refractivity contribution in [1.29, 1.82) is 0 Å². The molecule has 1 aliphatic rings. The van der Waals surface area contributed by atoms with Crippen molar-refractivity contribution >= 4 is 5.78 Å².